The second kappa shape index (κ2) is 5.36. The van der Waals surface area contributed by atoms with Gasteiger partial charge < -0.3 is 4.74 Å². The minimum Gasteiger partial charge on any atom is -0.489 e. The maximum Gasteiger partial charge on any atom is 0.288 e. The number of hydrogen-bond acceptors (Lipinski definition) is 3. The van der Waals surface area contributed by atoms with Crippen molar-refractivity contribution < 1.29 is 9.66 Å². The normalized spacial score (nSPS) is 10.5. The van der Waals surface area contributed by atoms with Crippen molar-refractivity contribution in [2.45, 2.75) is 6.92 Å². The number of halogens is 1. The second-order valence-electron chi connectivity index (χ2n) is 2.75. The van der Waals surface area contributed by atoms with Gasteiger partial charge in [0.2, 0.25) is 0 Å². The van der Waals surface area contributed by atoms with E-state index in [1.54, 1.807) is 0 Å². The molecule has 0 spiro atoms. The van der Waals surface area contributed by atoms with Crippen LogP contribution in [0.15, 0.2) is 30.4 Å². The van der Waals surface area contributed by atoms with Crippen LogP contribution >= 0.6 is 11.6 Å². The number of benzene rings is 1. The van der Waals surface area contributed by atoms with Crippen molar-refractivity contribution in [2.75, 3.05) is 6.61 Å². The number of nitro benzene ring substituents is 1. The molecule has 15 heavy (non-hydrogen) atoms. The summed E-state index contributed by atoms with van der Waals surface area (Å²) in [6, 6.07) is 4.28. The van der Waals surface area contributed by atoms with Crippen molar-refractivity contribution in [2.24, 2.45) is 0 Å². The molecule has 0 aromatic heterocycles. The Morgan fingerprint density at radius 2 is 2.33 bits per heavy atom. The fourth-order valence-electron chi connectivity index (χ4n) is 0.966. The molecule has 0 fully saturated rings. The van der Waals surface area contributed by atoms with Gasteiger partial charge in [-0.25, -0.2) is 0 Å². The molecule has 0 aliphatic carbocycles. The van der Waals surface area contributed by atoms with Crippen LogP contribution in [0.5, 0.6) is 5.75 Å². The largest absolute Gasteiger partial charge is 0.489 e. The lowest BCUT2D eigenvalue weighted by Gasteiger charge is -2.03. The van der Waals surface area contributed by atoms with Crippen LogP contribution in [0.3, 0.4) is 0 Å². The lowest BCUT2D eigenvalue weighted by Crippen LogP contribution is -1.94. The summed E-state index contributed by atoms with van der Waals surface area (Å²) in [7, 11) is 0. The van der Waals surface area contributed by atoms with Crippen LogP contribution in [0.25, 0.3) is 0 Å². The van der Waals surface area contributed by atoms with E-state index in [2.05, 4.69) is 0 Å². The van der Waals surface area contributed by atoms with E-state index in [0.29, 0.717) is 12.4 Å². The molecule has 0 saturated carbocycles. The molecule has 0 amide bonds. The highest BCUT2D eigenvalue weighted by molar-refractivity contribution is 6.32. The fourth-order valence-corrected chi connectivity index (χ4v) is 1.21. The summed E-state index contributed by atoms with van der Waals surface area (Å²) in [6.07, 6.45) is 3.68. The summed E-state index contributed by atoms with van der Waals surface area (Å²) in [5.41, 5.74) is -0.116. The number of allylic oxidation sites excluding steroid dienone is 1. The number of nitro groups is 1. The van der Waals surface area contributed by atoms with Gasteiger partial charge in [-0.05, 0) is 13.0 Å². The fraction of sp³-hybridized carbons (Fsp3) is 0.200. The first-order chi connectivity index (χ1) is 7.15. The Kier molecular flexibility index (Phi) is 4.12. The molecule has 0 N–H and O–H groups in total. The van der Waals surface area contributed by atoms with Gasteiger partial charge in [-0.15, -0.1) is 0 Å². The molecule has 0 unspecified atom stereocenters. The van der Waals surface area contributed by atoms with E-state index in [1.165, 1.54) is 18.2 Å². The monoisotopic (exact) mass is 227 g/mol. The lowest BCUT2D eigenvalue weighted by molar-refractivity contribution is -0.384. The van der Waals surface area contributed by atoms with Crippen molar-refractivity contribution in [1.82, 2.24) is 0 Å². The van der Waals surface area contributed by atoms with E-state index < -0.39 is 4.92 Å². The predicted octanol–water partition coefficient (Wildman–Crippen LogP) is 3.20. The molecule has 0 aliphatic rings. The molecule has 0 aliphatic heterocycles. The molecule has 5 heteroatoms. The van der Waals surface area contributed by atoms with Gasteiger partial charge in [0.05, 0.1) is 4.92 Å². The Morgan fingerprint density at radius 1 is 1.60 bits per heavy atom. The zero-order chi connectivity index (χ0) is 11.3. The van der Waals surface area contributed by atoms with Crippen LogP contribution < -0.4 is 4.74 Å². The van der Waals surface area contributed by atoms with Crippen LogP contribution in [0.2, 0.25) is 5.02 Å². The number of nitrogens with zero attached hydrogens (tertiary/aromatic N) is 1. The number of rotatable bonds is 4. The quantitative estimate of drug-likeness (QED) is 0.451. The van der Waals surface area contributed by atoms with Crippen molar-refractivity contribution in [1.29, 1.82) is 0 Å². The van der Waals surface area contributed by atoms with Gasteiger partial charge in [-0.2, -0.15) is 0 Å². The van der Waals surface area contributed by atoms with Gasteiger partial charge in [0, 0.05) is 12.1 Å². The maximum atomic E-state index is 10.5. The minimum atomic E-state index is -0.530. The van der Waals surface area contributed by atoms with Gasteiger partial charge >= 0.3 is 0 Å². The summed E-state index contributed by atoms with van der Waals surface area (Å²) in [6.45, 7) is 2.30. The van der Waals surface area contributed by atoms with Crippen LogP contribution in [-0.4, -0.2) is 11.5 Å². The molecule has 4 nitrogen and oxygen atoms in total. The van der Waals surface area contributed by atoms with E-state index in [9.17, 15) is 10.1 Å². The van der Waals surface area contributed by atoms with Gasteiger partial charge in [0.15, 0.2) is 0 Å². The van der Waals surface area contributed by atoms with Gasteiger partial charge in [-0.1, -0.05) is 23.8 Å². The highest BCUT2D eigenvalue weighted by Gasteiger charge is 2.12. The Bertz CT molecular complexity index is 390. The predicted molar refractivity (Wildman–Crippen MR) is 58.4 cm³/mol. The molecular formula is C10H10ClNO3. The summed E-state index contributed by atoms with van der Waals surface area (Å²) in [5, 5.41) is 10.5. The first-order valence-corrected chi connectivity index (χ1v) is 4.71. The summed E-state index contributed by atoms with van der Waals surface area (Å²) in [4.78, 5) is 9.93. The zero-order valence-electron chi connectivity index (χ0n) is 8.14. The van der Waals surface area contributed by atoms with E-state index in [4.69, 9.17) is 16.3 Å². The summed E-state index contributed by atoms with van der Waals surface area (Å²) >= 11 is 5.70. The summed E-state index contributed by atoms with van der Waals surface area (Å²) < 4.78 is 5.27. The Balaban J connectivity index is 2.77. The van der Waals surface area contributed by atoms with Crippen LogP contribution in [0.1, 0.15) is 6.92 Å². The zero-order valence-corrected chi connectivity index (χ0v) is 8.90. The smallest absolute Gasteiger partial charge is 0.288 e. The van der Waals surface area contributed by atoms with Crippen LogP contribution in [-0.2, 0) is 0 Å². The van der Waals surface area contributed by atoms with E-state index in [0.717, 1.165) is 0 Å². The first kappa shape index (κ1) is 11.5. The standard InChI is InChI=1S/C10H10ClNO3/c1-2-3-6-15-8-4-5-10(12(13)14)9(11)7-8/h2-5,7H,6H2,1H3. The molecule has 80 valence electrons. The highest BCUT2D eigenvalue weighted by atomic mass is 35.5. The summed E-state index contributed by atoms with van der Waals surface area (Å²) in [5.74, 6) is 0.517. The van der Waals surface area contributed by atoms with Gasteiger partial charge in [0.25, 0.3) is 5.69 Å². The minimum absolute atomic E-state index is 0.0815. The van der Waals surface area contributed by atoms with Crippen molar-refractivity contribution >= 4 is 17.3 Å². The molecule has 1 rings (SSSR count). The number of hydrogen-bond donors (Lipinski definition) is 0. The molecule has 1 aromatic rings. The maximum absolute atomic E-state index is 10.5. The molecule has 0 bridgehead atoms. The molecule has 0 saturated heterocycles. The van der Waals surface area contributed by atoms with Crippen LogP contribution in [0.4, 0.5) is 5.69 Å². The highest BCUT2D eigenvalue weighted by Crippen LogP contribution is 2.28. The average molecular weight is 228 g/mol. The molecule has 0 heterocycles. The van der Waals surface area contributed by atoms with Crippen molar-refractivity contribution in [3.8, 4) is 5.75 Å². The lowest BCUT2D eigenvalue weighted by atomic mass is 10.3. The topological polar surface area (TPSA) is 52.4 Å². The van der Waals surface area contributed by atoms with Gasteiger partial charge in [0.1, 0.15) is 17.4 Å². The average Bonchev–Trinajstić information content (AvgIpc) is 2.17. The molecule has 0 atom stereocenters. The van der Waals surface area contributed by atoms with Crippen LogP contribution in [0, 0.1) is 10.1 Å². The molecular weight excluding hydrogens is 218 g/mol. The Labute approximate surface area is 92.3 Å². The van der Waals surface area contributed by atoms with E-state index in [-0.39, 0.29) is 10.7 Å². The van der Waals surface area contributed by atoms with Gasteiger partial charge in [-0.3, -0.25) is 10.1 Å². The van der Waals surface area contributed by atoms with Crippen molar-refractivity contribution in [3.05, 3.63) is 45.5 Å². The van der Waals surface area contributed by atoms with Crippen molar-refractivity contribution in [3.63, 3.8) is 0 Å². The van der Waals surface area contributed by atoms with E-state index >= 15 is 0 Å². The first-order valence-electron chi connectivity index (χ1n) is 4.33. The third-order valence-corrected chi connectivity index (χ3v) is 2.00. The SMILES string of the molecule is CC=CCOc1ccc([N+](=O)[O-])c(Cl)c1. The third-order valence-electron chi connectivity index (χ3n) is 1.70. The molecule has 1 aromatic carbocycles. The number of ether oxygens (including phenoxy) is 1. The Morgan fingerprint density at radius 3 is 2.87 bits per heavy atom. The van der Waals surface area contributed by atoms with E-state index in [1.807, 2.05) is 19.1 Å². The third kappa shape index (κ3) is 3.25. The Hall–Kier alpha value is -1.55. The molecule has 0 radical (unpaired) electrons. The second-order valence-corrected chi connectivity index (χ2v) is 3.16.